The highest BCUT2D eigenvalue weighted by Crippen LogP contribution is 2.19. The zero-order valence-electron chi connectivity index (χ0n) is 11.1. The molecule has 1 heterocycles. The topological polar surface area (TPSA) is 55.2 Å². The summed E-state index contributed by atoms with van der Waals surface area (Å²) >= 11 is 0. The van der Waals surface area contributed by atoms with Crippen LogP contribution in [-0.4, -0.2) is 27.8 Å². The number of hydrogen-bond acceptors (Lipinski definition) is 4. The third kappa shape index (κ3) is 4.30. The van der Waals surface area contributed by atoms with Crippen LogP contribution in [-0.2, 0) is 6.42 Å². The minimum Gasteiger partial charge on any atom is -0.478 e. The molecule has 0 aromatic carbocycles. The summed E-state index contributed by atoms with van der Waals surface area (Å²) in [7, 11) is 0. The van der Waals surface area contributed by atoms with Gasteiger partial charge in [0.2, 0.25) is 5.88 Å². The fourth-order valence-electron chi connectivity index (χ4n) is 1.81. The van der Waals surface area contributed by atoms with Crippen LogP contribution in [0.4, 0.5) is 0 Å². The smallest absolute Gasteiger partial charge is 0.219 e. The standard InChI is InChI=1S/C13H22N2O2/c1-5-17-13-10(4)12(14-8-15-13)7-11(16)6-9(2)3/h8-9,11,16H,5-7H2,1-4H3. The van der Waals surface area contributed by atoms with Crippen molar-refractivity contribution in [1.29, 1.82) is 0 Å². The minimum absolute atomic E-state index is 0.349. The molecule has 1 N–H and O–H groups in total. The molecule has 0 aliphatic heterocycles. The molecule has 1 aromatic heterocycles. The van der Waals surface area contributed by atoms with Crippen molar-refractivity contribution in [2.75, 3.05) is 6.61 Å². The summed E-state index contributed by atoms with van der Waals surface area (Å²) in [6, 6.07) is 0. The van der Waals surface area contributed by atoms with E-state index in [1.165, 1.54) is 6.33 Å². The number of nitrogens with zero attached hydrogens (tertiary/aromatic N) is 2. The van der Waals surface area contributed by atoms with Gasteiger partial charge in [-0.15, -0.1) is 0 Å². The number of aliphatic hydroxyl groups is 1. The van der Waals surface area contributed by atoms with Gasteiger partial charge in [-0.25, -0.2) is 9.97 Å². The van der Waals surface area contributed by atoms with Gasteiger partial charge in [-0.05, 0) is 26.2 Å². The van der Waals surface area contributed by atoms with Crippen LogP contribution in [0.25, 0.3) is 0 Å². The van der Waals surface area contributed by atoms with Crippen molar-refractivity contribution in [2.24, 2.45) is 5.92 Å². The molecule has 1 atom stereocenters. The molecule has 0 fully saturated rings. The first-order valence-corrected chi connectivity index (χ1v) is 6.15. The van der Waals surface area contributed by atoms with Gasteiger partial charge in [0.05, 0.1) is 18.4 Å². The van der Waals surface area contributed by atoms with Crippen molar-refractivity contribution in [3.05, 3.63) is 17.6 Å². The molecule has 0 aliphatic carbocycles. The Morgan fingerprint density at radius 1 is 1.35 bits per heavy atom. The van der Waals surface area contributed by atoms with Crippen molar-refractivity contribution in [1.82, 2.24) is 9.97 Å². The van der Waals surface area contributed by atoms with Gasteiger partial charge in [-0.3, -0.25) is 0 Å². The van der Waals surface area contributed by atoms with E-state index in [1.807, 2.05) is 13.8 Å². The minimum atomic E-state index is -0.349. The molecule has 0 bridgehead atoms. The highest BCUT2D eigenvalue weighted by atomic mass is 16.5. The van der Waals surface area contributed by atoms with E-state index in [9.17, 15) is 5.11 Å². The lowest BCUT2D eigenvalue weighted by atomic mass is 10.0. The van der Waals surface area contributed by atoms with Gasteiger partial charge in [0.15, 0.2) is 0 Å². The maximum atomic E-state index is 9.92. The largest absolute Gasteiger partial charge is 0.478 e. The predicted octanol–water partition coefficient (Wildman–Crippen LogP) is 2.13. The Morgan fingerprint density at radius 2 is 2.06 bits per heavy atom. The van der Waals surface area contributed by atoms with Crippen LogP contribution in [0, 0.1) is 12.8 Å². The lowest BCUT2D eigenvalue weighted by molar-refractivity contribution is 0.147. The zero-order chi connectivity index (χ0) is 12.8. The third-order valence-electron chi connectivity index (χ3n) is 2.60. The molecule has 4 nitrogen and oxygen atoms in total. The molecule has 0 saturated carbocycles. The summed E-state index contributed by atoms with van der Waals surface area (Å²) in [4.78, 5) is 8.30. The Kier molecular flexibility index (Phi) is 5.35. The van der Waals surface area contributed by atoms with E-state index in [2.05, 4.69) is 23.8 Å². The molecule has 96 valence electrons. The van der Waals surface area contributed by atoms with Crippen LogP contribution in [0.5, 0.6) is 5.88 Å². The Hall–Kier alpha value is -1.16. The highest BCUT2D eigenvalue weighted by molar-refractivity contribution is 5.28. The van der Waals surface area contributed by atoms with Crippen molar-refractivity contribution in [2.45, 2.75) is 46.6 Å². The van der Waals surface area contributed by atoms with E-state index in [0.717, 1.165) is 17.7 Å². The van der Waals surface area contributed by atoms with Crippen molar-refractivity contribution in [3.63, 3.8) is 0 Å². The number of ether oxygens (including phenoxy) is 1. The average Bonchev–Trinajstić information content (AvgIpc) is 2.23. The van der Waals surface area contributed by atoms with E-state index >= 15 is 0 Å². The van der Waals surface area contributed by atoms with Gasteiger partial charge in [0.1, 0.15) is 6.33 Å². The molecule has 1 aromatic rings. The van der Waals surface area contributed by atoms with Gasteiger partial charge in [-0.1, -0.05) is 13.8 Å². The van der Waals surface area contributed by atoms with Crippen molar-refractivity contribution >= 4 is 0 Å². The summed E-state index contributed by atoms with van der Waals surface area (Å²) in [5.41, 5.74) is 1.80. The zero-order valence-corrected chi connectivity index (χ0v) is 11.1. The Bertz CT molecular complexity index is 353. The quantitative estimate of drug-likeness (QED) is 0.825. The third-order valence-corrected chi connectivity index (χ3v) is 2.60. The lowest BCUT2D eigenvalue weighted by Gasteiger charge is -2.14. The van der Waals surface area contributed by atoms with E-state index in [0.29, 0.717) is 24.8 Å². The summed E-state index contributed by atoms with van der Waals surface area (Å²) in [6.45, 7) is 8.65. The van der Waals surface area contributed by atoms with Crippen molar-refractivity contribution < 1.29 is 9.84 Å². The highest BCUT2D eigenvalue weighted by Gasteiger charge is 2.13. The van der Waals surface area contributed by atoms with Crippen LogP contribution in [0.3, 0.4) is 0 Å². The van der Waals surface area contributed by atoms with Crippen LogP contribution < -0.4 is 4.74 Å². The first kappa shape index (κ1) is 13.9. The van der Waals surface area contributed by atoms with Gasteiger partial charge < -0.3 is 9.84 Å². The lowest BCUT2D eigenvalue weighted by Crippen LogP contribution is -2.15. The van der Waals surface area contributed by atoms with E-state index in [-0.39, 0.29) is 6.10 Å². The Morgan fingerprint density at radius 3 is 2.65 bits per heavy atom. The average molecular weight is 238 g/mol. The molecule has 0 aliphatic rings. The molecule has 0 amide bonds. The summed E-state index contributed by atoms with van der Waals surface area (Å²) < 4.78 is 5.41. The molecule has 4 heteroatoms. The first-order valence-electron chi connectivity index (χ1n) is 6.15. The second-order valence-electron chi connectivity index (χ2n) is 4.67. The van der Waals surface area contributed by atoms with Gasteiger partial charge in [0.25, 0.3) is 0 Å². The second-order valence-corrected chi connectivity index (χ2v) is 4.67. The molecule has 0 spiro atoms. The first-order chi connectivity index (χ1) is 8.04. The SMILES string of the molecule is CCOc1ncnc(CC(O)CC(C)C)c1C. The molecule has 0 saturated heterocycles. The maximum Gasteiger partial charge on any atom is 0.219 e. The van der Waals surface area contributed by atoms with E-state index in [1.54, 1.807) is 0 Å². The van der Waals surface area contributed by atoms with Crippen LogP contribution in [0.1, 0.15) is 38.4 Å². The molecule has 17 heavy (non-hydrogen) atoms. The molecule has 1 rings (SSSR count). The number of aliphatic hydroxyl groups excluding tert-OH is 1. The normalized spacial score (nSPS) is 12.8. The summed E-state index contributed by atoms with van der Waals surface area (Å²) in [6.07, 6.45) is 2.49. The second kappa shape index (κ2) is 6.55. The molecule has 0 radical (unpaired) electrons. The molecular formula is C13H22N2O2. The van der Waals surface area contributed by atoms with Gasteiger partial charge >= 0.3 is 0 Å². The van der Waals surface area contributed by atoms with Crippen molar-refractivity contribution in [3.8, 4) is 5.88 Å². The fraction of sp³-hybridized carbons (Fsp3) is 0.692. The number of rotatable bonds is 6. The maximum absolute atomic E-state index is 9.92. The Balaban J connectivity index is 2.73. The fourth-order valence-corrected chi connectivity index (χ4v) is 1.81. The van der Waals surface area contributed by atoms with E-state index in [4.69, 9.17) is 4.74 Å². The van der Waals surface area contributed by atoms with E-state index < -0.39 is 0 Å². The predicted molar refractivity (Wildman–Crippen MR) is 67.1 cm³/mol. The molecular weight excluding hydrogens is 216 g/mol. The van der Waals surface area contributed by atoms with Crippen LogP contribution >= 0.6 is 0 Å². The number of hydrogen-bond donors (Lipinski definition) is 1. The van der Waals surface area contributed by atoms with Crippen LogP contribution in [0.15, 0.2) is 6.33 Å². The number of aromatic nitrogens is 2. The van der Waals surface area contributed by atoms with Gasteiger partial charge in [-0.2, -0.15) is 0 Å². The Labute approximate surface area is 103 Å². The summed E-state index contributed by atoms with van der Waals surface area (Å²) in [5.74, 6) is 1.10. The summed E-state index contributed by atoms with van der Waals surface area (Å²) in [5, 5.41) is 9.92. The molecule has 1 unspecified atom stereocenters. The van der Waals surface area contributed by atoms with Crippen LogP contribution in [0.2, 0.25) is 0 Å². The monoisotopic (exact) mass is 238 g/mol. The van der Waals surface area contributed by atoms with Gasteiger partial charge in [0, 0.05) is 12.0 Å².